The summed E-state index contributed by atoms with van der Waals surface area (Å²) in [6.45, 7) is 5.51. The highest BCUT2D eigenvalue weighted by molar-refractivity contribution is 5.33. The summed E-state index contributed by atoms with van der Waals surface area (Å²) in [6.07, 6.45) is 1.51. The van der Waals surface area contributed by atoms with Crippen LogP contribution in [-0.4, -0.2) is 14.8 Å². The van der Waals surface area contributed by atoms with Gasteiger partial charge < -0.3 is 10.5 Å². The van der Waals surface area contributed by atoms with Crippen LogP contribution < -0.4 is 10.5 Å². The van der Waals surface area contributed by atoms with Gasteiger partial charge in [0, 0.05) is 18.7 Å². The maximum Gasteiger partial charge on any atom is 0.164 e. The summed E-state index contributed by atoms with van der Waals surface area (Å²) in [7, 11) is 0. The molecule has 1 aromatic carbocycles. The minimum Gasteiger partial charge on any atom is -0.485 e. The lowest BCUT2D eigenvalue weighted by Gasteiger charge is -2.12. The first-order valence-electron chi connectivity index (χ1n) is 6.58. The van der Waals surface area contributed by atoms with E-state index in [1.54, 1.807) is 6.07 Å². The lowest BCUT2D eigenvalue weighted by Crippen LogP contribution is -2.13. The van der Waals surface area contributed by atoms with Gasteiger partial charge in [0.05, 0.1) is 0 Å². The van der Waals surface area contributed by atoms with E-state index in [0.29, 0.717) is 17.2 Å². The highest BCUT2D eigenvalue weighted by atomic mass is 19.1. The number of nitrogens with two attached hydrogens (primary N) is 1. The van der Waals surface area contributed by atoms with Crippen LogP contribution in [-0.2, 0) is 19.7 Å². The Kier molecular flexibility index (Phi) is 4.68. The van der Waals surface area contributed by atoms with Crippen LogP contribution in [0.2, 0.25) is 0 Å². The molecule has 0 saturated carbocycles. The highest BCUT2D eigenvalue weighted by Gasteiger charge is 2.09. The molecule has 0 bridgehead atoms. The molecule has 0 radical (unpaired) electrons. The van der Waals surface area contributed by atoms with Gasteiger partial charge in [0.1, 0.15) is 24.5 Å². The Labute approximate surface area is 117 Å². The second kappa shape index (κ2) is 6.47. The summed E-state index contributed by atoms with van der Waals surface area (Å²) in [5, 5.41) is 4.17. The van der Waals surface area contributed by atoms with E-state index in [0.717, 1.165) is 12.4 Å². The molecule has 0 aliphatic carbocycles. The number of nitrogens with zero attached hydrogens (tertiary/aromatic N) is 3. The van der Waals surface area contributed by atoms with E-state index in [-0.39, 0.29) is 19.0 Å². The van der Waals surface area contributed by atoms with Crippen molar-refractivity contribution >= 4 is 0 Å². The second-order valence-electron chi connectivity index (χ2n) is 5.00. The zero-order valence-corrected chi connectivity index (χ0v) is 11.7. The van der Waals surface area contributed by atoms with Crippen molar-refractivity contribution in [1.82, 2.24) is 14.8 Å². The minimum absolute atomic E-state index is 0.228. The Hall–Kier alpha value is -1.95. The Morgan fingerprint density at radius 3 is 2.90 bits per heavy atom. The molecule has 2 N–H and O–H groups in total. The fourth-order valence-corrected chi connectivity index (χ4v) is 1.89. The van der Waals surface area contributed by atoms with Crippen molar-refractivity contribution in [3.63, 3.8) is 0 Å². The Bertz CT molecular complexity index is 568. The van der Waals surface area contributed by atoms with Crippen LogP contribution in [0, 0.1) is 11.7 Å². The van der Waals surface area contributed by atoms with E-state index < -0.39 is 0 Å². The van der Waals surface area contributed by atoms with E-state index in [4.69, 9.17) is 10.5 Å². The van der Waals surface area contributed by atoms with E-state index in [1.807, 2.05) is 4.68 Å². The third-order valence-electron chi connectivity index (χ3n) is 2.83. The van der Waals surface area contributed by atoms with Gasteiger partial charge in [0.2, 0.25) is 0 Å². The standard InChI is InChI=1S/C14H19FN4O/c1-10(2)7-19-14(17-9-18-19)8-20-13-4-3-12(15)5-11(13)6-16/h3-5,9-10H,6-8,16H2,1-2H3. The van der Waals surface area contributed by atoms with Gasteiger partial charge in [0.15, 0.2) is 5.82 Å². The molecule has 108 valence electrons. The molecule has 0 aliphatic heterocycles. The molecule has 6 heteroatoms. The summed E-state index contributed by atoms with van der Waals surface area (Å²) in [5.74, 6) is 1.47. The summed E-state index contributed by atoms with van der Waals surface area (Å²) >= 11 is 0. The summed E-state index contributed by atoms with van der Waals surface area (Å²) < 4.78 is 20.6. The molecule has 2 rings (SSSR count). The molecule has 1 aromatic heterocycles. The number of hydrogen-bond acceptors (Lipinski definition) is 4. The quantitative estimate of drug-likeness (QED) is 0.879. The van der Waals surface area contributed by atoms with Crippen molar-refractivity contribution in [2.45, 2.75) is 33.5 Å². The first-order chi connectivity index (χ1) is 9.60. The summed E-state index contributed by atoms with van der Waals surface area (Å²) in [6, 6.07) is 4.32. The number of benzene rings is 1. The average Bonchev–Trinajstić information content (AvgIpc) is 2.83. The molecule has 0 spiro atoms. The van der Waals surface area contributed by atoms with Crippen LogP contribution in [0.25, 0.3) is 0 Å². The van der Waals surface area contributed by atoms with Crippen molar-refractivity contribution in [3.8, 4) is 5.75 Å². The molecule has 0 fully saturated rings. The normalized spacial score (nSPS) is 11.1. The average molecular weight is 278 g/mol. The van der Waals surface area contributed by atoms with Crippen molar-refractivity contribution in [3.05, 3.63) is 41.7 Å². The third-order valence-corrected chi connectivity index (χ3v) is 2.83. The number of aromatic nitrogens is 3. The fraction of sp³-hybridized carbons (Fsp3) is 0.429. The van der Waals surface area contributed by atoms with Crippen molar-refractivity contribution in [2.75, 3.05) is 0 Å². The van der Waals surface area contributed by atoms with Crippen LogP contribution in [0.1, 0.15) is 25.2 Å². The maximum atomic E-state index is 13.1. The van der Waals surface area contributed by atoms with Crippen LogP contribution in [0.3, 0.4) is 0 Å². The Morgan fingerprint density at radius 2 is 2.20 bits per heavy atom. The molecule has 0 amide bonds. The van der Waals surface area contributed by atoms with Gasteiger partial charge in [-0.05, 0) is 24.1 Å². The lowest BCUT2D eigenvalue weighted by molar-refractivity contribution is 0.279. The third kappa shape index (κ3) is 3.54. The summed E-state index contributed by atoms with van der Waals surface area (Å²) in [5.41, 5.74) is 6.22. The molecule has 5 nitrogen and oxygen atoms in total. The van der Waals surface area contributed by atoms with E-state index >= 15 is 0 Å². The zero-order valence-electron chi connectivity index (χ0n) is 11.7. The molecule has 0 atom stereocenters. The molecule has 0 unspecified atom stereocenters. The molecule has 1 heterocycles. The van der Waals surface area contributed by atoms with Gasteiger partial charge in [-0.3, -0.25) is 0 Å². The molecular formula is C14H19FN4O. The van der Waals surface area contributed by atoms with Gasteiger partial charge in [0.25, 0.3) is 0 Å². The van der Waals surface area contributed by atoms with Gasteiger partial charge in [-0.2, -0.15) is 5.10 Å². The predicted octanol–water partition coefficient (Wildman–Crippen LogP) is 2.11. The molecule has 2 aromatic rings. The topological polar surface area (TPSA) is 66.0 Å². The summed E-state index contributed by atoms with van der Waals surface area (Å²) in [4.78, 5) is 4.18. The van der Waals surface area contributed by atoms with Crippen LogP contribution >= 0.6 is 0 Å². The largest absolute Gasteiger partial charge is 0.485 e. The number of rotatable bonds is 6. The SMILES string of the molecule is CC(C)Cn1ncnc1COc1ccc(F)cc1CN. The van der Waals surface area contributed by atoms with Crippen LogP contribution in [0.15, 0.2) is 24.5 Å². The molecular weight excluding hydrogens is 259 g/mol. The first-order valence-corrected chi connectivity index (χ1v) is 6.58. The molecule has 20 heavy (non-hydrogen) atoms. The van der Waals surface area contributed by atoms with Crippen LogP contribution in [0.5, 0.6) is 5.75 Å². The lowest BCUT2D eigenvalue weighted by atomic mass is 10.2. The van der Waals surface area contributed by atoms with Gasteiger partial charge in [-0.25, -0.2) is 14.1 Å². The number of hydrogen-bond donors (Lipinski definition) is 1. The highest BCUT2D eigenvalue weighted by Crippen LogP contribution is 2.20. The first kappa shape index (κ1) is 14.5. The number of ether oxygens (including phenoxy) is 1. The predicted molar refractivity (Wildman–Crippen MR) is 73.5 cm³/mol. The van der Waals surface area contributed by atoms with E-state index in [9.17, 15) is 4.39 Å². The monoisotopic (exact) mass is 278 g/mol. The van der Waals surface area contributed by atoms with Gasteiger partial charge >= 0.3 is 0 Å². The Morgan fingerprint density at radius 1 is 1.40 bits per heavy atom. The van der Waals surface area contributed by atoms with Crippen LogP contribution in [0.4, 0.5) is 4.39 Å². The molecule has 0 aliphatic rings. The minimum atomic E-state index is -0.319. The smallest absolute Gasteiger partial charge is 0.164 e. The van der Waals surface area contributed by atoms with Gasteiger partial charge in [-0.15, -0.1) is 0 Å². The van der Waals surface area contributed by atoms with Crippen molar-refractivity contribution in [1.29, 1.82) is 0 Å². The van der Waals surface area contributed by atoms with E-state index in [1.165, 1.54) is 18.5 Å². The fourth-order valence-electron chi connectivity index (χ4n) is 1.89. The Balaban J connectivity index is 2.07. The molecule has 0 saturated heterocycles. The van der Waals surface area contributed by atoms with Crippen molar-refractivity contribution < 1.29 is 9.13 Å². The second-order valence-corrected chi connectivity index (χ2v) is 5.00. The number of halogens is 1. The maximum absolute atomic E-state index is 13.1. The zero-order chi connectivity index (χ0) is 14.5. The van der Waals surface area contributed by atoms with Gasteiger partial charge in [-0.1, -0.05) is 13.8 Å². The van der Waals surface area contributed by atoms with Crippen molar-refractivity contribution in [2.24, 2.45) is 11.7 Å². The van der Waals surface area contributed by atoms with E-state index in [2.05, 4.69) is 23.9 Å².